The van der Waals surface area contributed by atoms with Crippen molar-refractivity contribution >= 4 is 16.9 Å². The van der Waals surface area contributed by atoms with Gasteiger partial charge in [-0.2, -0.15) is 5.10 Å². The summed E-state index contributed by atoms with van der Waals surface area (Å²) in [5.74, 6) is 1.68. The van der Waals surface area contributed by atoms with Crippen molar-refractivity contribution in [1.82, 2.24) is 24.9 Å². The lowest BCUT2D eigenvalue weighted by molar-refractivity contribution is 0.271. The largest absolute Gasteiger partial charge is 0.394 e. The number of aliphatic hydroxyl groups is 1. The molecule has 1 aliphatic rings. The van der Waals surface area contributed by atoms with E-state index < -0.39 is 0 Å². The van der Waals surface area contributed by atoms with Crippen LogP contribution in [-0.4, -0.2) is 43.2 Å². The Labute approximate surface area is 132 Å². The summed E-state index contributed by atoms with van der Waals surface area (Å²) in [6, 6.07) is 2.14. The molecule has 1 unspecified atom stereocenters. The number of hydrogen-bond acceptors (Lipinski definition) is 7. The average molecular weight is 314 g/mol. The number of aryl methyl sites for hydroxylation is 1. The summed E-state index contributed by atoms with van der Waals surface area (Å²) in [6.07, 6.45) is 5.41. The van der Waals surface area contributed by atoms with E-state index in [1.807, 2.05) is 13.0 Å². The molecule has 0 saturated carbocycles. The molecule has 1 atom stereocenters. The molecule has 120 valence electrons. The van der Waals surface area contributed by atoms with E-state index in [4.69, 9.17) is 9.63 Å². The van der Waals surface area contributed by atoms with Crippen molar-refractivity contribution in [2.24, 2.45) is 0 Å². The third-order valence-corrected chi connectivity index (χ3v) is 4.24. The minimum absolute atomic E-state index is 0.0284. The smallest absolute Gasteiger partial charge is 0.163 e. The van der Waals surface area contributed by atoms with Gasteiger partial charge in [0.1, 0.15) is 23.6 Å². The van der Waals surface area contributed by atoms with Crippen LogP contribution in [0.2, 0.25) is 0 Å². The summed E-state index contributed by atoms with van der Waals surface area (Å²) >= 11 is 0. The highest BCUT2D eigenvalue weighted by atomic mass is 16.5. The Morgan fingerprint density at radius 2 is 2.30 bits per heavy atom. The van der Waals surface area contributed by atoms with Crippen molar-refractivity contribution in [3.8, 4) is 0 Å². The summed E-state index contributed by atoms with van der Waals surface area (Å²) in [5.41, 5.74) is 1.68. The molecule has 4 heterocycles. The maximum absolute atomic E-state index is 9.14. The number of nitrogens with zero attached hydrogens (tertiary/aromatic N) is 6. The van der Waals surface area contributed by atoms with Gasteiger partial charge in [-0.3, -0.25) is 0 Å². The standard InChI is InChI=1S/C15H18N6O2/c1-10-7-12(19-23-10)13-3-2-4-20(13)14-11-8-18-21(5-6-22)15(11)17-9-16-14/h7-9,13,22H,2-6H2,1H3. The lowest BCUT2D eigenvalue weighted by Crippen LogP contribution is -2.24. The number of hydrogen-bond donors (Lipinski definition) is 1. The molecule has 0 aromatic carbocycles. The summed E-state index contributed by atoms with van der Waals surface area (Å²) in [6.45, 7) is 3.26. The molecule has 8 heteroatoms. The van der Waals surface area contributed by atoms with Gasteiger partial charge in [-0.25, -0.2) is 14.6 Å². The van der Waals surface area contributed by atoms with Gasteiger partial charge in [0.05, 0.1) is 30.8 Å². The minimum atomic E-state index is 0.0284. The Morgan fingerprint density at radius 3 is 3.09 bits per heavy atom. The third kappa shape index (κ3) is 2.35. The fourth-order valence-electron chi connectivity index (χ4n) is 3.24. The molecule has 0 aliphatic carbocycles. The van der Waals surface area contributed by atoms with E-state index in [1.165, 1.54) is 0 Å². The van der Waals surface area contributed by atoms with Crippen LogP contribution in [0.15, 0.2) is 23.1 Å². The Morgan fingerprint density at radius 1 is 1.39 bits per heavy atom. The molecule has 1 saturated heterocycles. The third-order valence-electron chi connectivity index (χ3n) is 4.24. The molecule has 1 fully saturated rings. The molecule has 4 rings (SSSR count). The van der Waals surface area contributed by atoms with E-state index in [-0.39, 0.29) is 12.6 Å². The molecule has 3 aromatic heterocycles. The van der Waals surface area contributed by atoms with Gasteiger partial charge < -0.3 is 14.5 Å². The minimum Gasteiger partial charge on any atom is -0.394 e. The molecule has 3 aromatic rings. The van der Waals surface area contributed by atoms with Crippen molar-refractivity contribution in [3.63, 3.8) is 0 Å². The second-order valence-corrected chi connectivity index (χ2v) is 5.74. The molecule has 8 nitrogen and oxygen atoms in total. The predicted octanol–water partition coefficient (Wildman–Crippen LogP) is 1.46. The van der Waals surface area contributed by atoms with Crippen LogP contribution in [-0.2, 0) is 6.54 Å². The summed E-state index contributed by atoms with van der Waals surface area (Å²) < 4.78 is 6.93. The van der Waals surface area contributed by atoms with Crippen LogP contribution in [0.3, 0.4) is 0 Å². The summed E-state index contributed by atoms with van der Waals surface area (Å²) in [7, 11) is 0. The van der Waals surface area contributed by atoms with Gasteiger partial charge in [0, 0.05) is 12.6 Å². The van der Waals surface area contributed by atoms with Crippen LogP contribution in [0.5, 0.6) is 0 Å². The van der Waals surface area contributed by atoms with E-state index in [9.17, 15) is 0 Å². The van der Waals surface area contributed by atoms with Crippen LogP contribution in [0.25, 0.3) is 11.0 Å². The molecule has 0 bridgehead atoms. The van der Waals surface area contributed by atoms with E-state index in [0.717, 1.165) is 47.7 Å². The first kappa shape index (κ1) is 14.1. The topological polar surface area (TPSA) is 93.1 Å². The van der Waals surface area contributed by atoms with Gasteiger partial charge in [0.2, 0.25) is 0 Å². The number of anilines is 1. The molecule has 1 aliphatic heterocycles. The van der Waals surface area contributed by atoms with Crippen molar-refractivity contribution < 1.29 is 9.63 Å². The quantitative estimate of drug-likeness (QED) is 0.779. The zero-order valence-corrected chi connectivity index (χ0v) is 12.9. The van der Waals surface area contributed by atoms with Crippen LogP contribution in [0.1, 0.15) is 30.3 Å². The molecular weight excluding hydrogens is 296 g/mol. The van der Waals surface area contributed by atoms with Crippen molar-refractivity contribution in [2.75, 3.05) is 18.1 Å². The van der Waals surface area contributed by atoms with Crippen molar-refractivity contribution in [2.45, 2.75) is 32.4 Å². The van der Waals surface area contributed by atoms with Crippen molar-refractivity contribution in [3.05, 3.63) is 30.0 Å². The fraction of sp³-hybridized carbons (Fsp3) is 0.467. The normalized spacial score (nSPS) is 18.2. The first-order chi connectivity index (χ1) is 11.3. The van der Waals surface area contributed by atoms with E-state index in [0.29, 0.717) is 6.54 Å². The highest BCUT2D eigenvalue weighted by Crippen LogP contribution is 2.37. The number of fused-ring (bicyclic) bond motifs is 1. The molecule has 0 amide bonds. The monoisotopic (exact) mass is 314 g/mol. The van der Waals surface area contributed by atoms with Gasteiger partial charge in [0.25, 0.3) is 0 Å². The SMILES string of the molecule is Cc1cc(C2CCCN2c2ncnc3c2cnn3CCO)no1. The Bertz CT molecular complexity index is 826. The fourth-order valence-corrected chi connectivity index (χ4v) is 3.24. The van der Waals surface area contributed by atoms with Crippen molar-refractivity contribution in [1.29, 1.82) is 0 Å². The lowest BCUT2D eigenvalue weighted by Gasteiger charge is -2.24. The highest BCUT2D eigenvalue weighted by Gasteiger charge is 2.31. The molecule has 0 spiro atoms. The van der Waals surface area contributed by atoms with E-state index in [2.05, 4.69) is 25.1 Å². The van der Waals surface area contributed by atoms with Gasteiger partial charge in [-0.1, -0.05) is 5.16 Å². The average Bonchev–Trinajstić information content (AvgIpc) is 3.26. The number of aliphatic hydroxyl groups excluding tert-OH is 1. The summed E-state index contributed by atoms with van der Waals surface area (Å²) in [4.78, 5) is 11.0. The van der Waals surface area contributed by atoms with Gasteiger partial charge in [0.15, 0.2) is 5.65 Å². The van der Waals surface area contributed by atoms with Gasteiger partial charge >= 0.3 is 0 Å². The van der Waals surface area contributed by atoms with Gasteiger partial charge in [-0.15, -0.1) is 0 Å². The Kier molecular flexibility index (Phi) is 3.45. The summed E-state index contributed by atoms with van der Waals surface area (Å²) in [5, 5.41) is 18.5. The maximum atomic E-state index is 9.14. The molecule has 1 N–H and O–H groups in total. The Hall–Kier alpha value is -2.48. The number of aromatic nitrogens is 5. The second-order valence-electron chi connectivity index (χ2n) is 5.74. The Balaban J connectivity index is 1.76. The van der Waals surface area contributed by atoms with Gasteiger partial charge in [-0.05, 0) is 19.8 Å². The van der Waals surface area contributed by atoms with Crippen LogP contribution in [0, 0.1) is 6.92 Å². The van der Waals surface area contributed by atoms with Crippen LogP contribution >= 0.6 is 0 Å². The van der Waals surface area contributed by atoms with E-state index >= 15 is 0 Å². The van der Waals surface area contributed by atoms with Crippen LogP contribution < -0.4 is 4.90 Å². The zero-order valence-electron chi connectivity index (χ0n) is 12.9. The lowest BCUT2D eigenvalue weighted by atomic mass is 10.1. The van der Waals surface area contributed by atoms with E-state index in [1.54, 1.807) is 17.2 Å². The predicted molar refractivity (Wildman–Crippen MR) is 83.0 cm³/mol. The first-order valence-corrected chi connectivity index (χ1v) is 7.75. The highest BCUT2D eigenvalue weighted by molar-refractivity contribution is 5.87. The van der Waals surface area contributed by atoms with Crippen LogP contribution in [0.4, 0.5) is 5.82 Å². The second kappa shape index (κ2) is 5.62. The molecule has 23 heavy (non-hydrogen) atoms. The first-order valence-electron chi connectivity index (χ1n) is 7.75. The zero-order chi connectivity index (χ0) is 15.8. The maximum Gasteiger partial charge on any atom is 0.163 e. The molecular formula is C15H18N6O2. The molecule has 0 radical (unpaired) electrons. The number of rotatable bonds is 4.